The van der Waals surface area contributed by atoms with E-state index in [0.717, 1.165) is 22.4 Å². The Kier molecular flexibility index (Phi) is 4.90. The maximum atomic E-state index is 12.5. The van der Waals surface area contributed by atoms with Crippen LogP contribution in [0.4, 0.5) is 0 Å². The number of fused-ring (bicyclic) bond motifs is 1. The first-order chi connectivity index (χ1) is 14.1. The Balaban J connectivity index is 1.49. The number of imidazole rings is 1. The van der Waals surface area contributed by atoms with Gasteiger partial charge in [-0.1, -0.05) is 12.1 Å². The van der Waals surface area contributed by atoms with Crippen molar-refractivity contribution in [2.24, 2.45) is 7.05 Å². The van der Waals surface area contributed by atoms with Gasteiger partial charge in [-0.15, -0.1) is 0 Å². The molecule has 2 N–H and O–H groups in total. The summed E-state index contributed by atoms with van der Waals surface area (Å²) in [5.74, 6) is 1.75. The summed E-state index contributed by atoms with van der Waals surface area (Å²) in [6.45, 7) is 0.314. The molecule has 0 saturated carbocycles. The lowest BCUT2D eigenvalue weighted by Crippen LogP contribution is -2.24. The molecule has 8 heteroatoms. The number of rotatable bonds is 6. The van der Waals surface area contributed by atoms with Gasteiger partial charge in [-0.05, 0) is 36.4 Å². The number of amides is 1. The van der Waals surface area contributed by atoms with Gasteiger partial charge in [0.1, 0.15) is 11.5 Å². The summed E-state index contributed by atoms with van der Waals surface area (Å²) in [4.78, 5) is 17.1. The molecule has 8 nitrogen and oxygen atoms in total. The number of nitrogens with zero attached hydrogens (tertiary/aromatic N) is 3. The highest BCUT2D eigenvalue weighted by Crippen LogP contribution is 2.31. The minimum atomic E-state index is -0.253. The standard InChI is InChI=1S/C21H21N5O3/c1-26-17-7-5-4-6-14(17)23-20(26)12-22-21(27)16-11-15(24-25-16)13-8-9-18(28-2)19(10-13)29-3/h4-11H,12H2,1-3H3,(H,22,27)(H,24,25). The third kappa shape index (κ3) is 3.52. The molecule has 2 heterocycles. The van der Waals surface area contributed by atoms with Gasteiger partial charge in [0.15, 0.2) is 11.5 Å². The first-order valence-corrected chi connectivity index (χ1v) is 9.07. The quantitative estimate of drug-likeness (QED) is 0.527. The van der Waals surface area contributed by atoms with Crippen LogP contribution in [0.1, 0.15) is 16.3 Å². The molecule has 148 valence electrons. The van der Waals surface area contributed by atoms with Gasteiger partial charge in [-0.25, -0.2) is 4.98 Å². The van der Waals surface area contributed by atoms with Crippen molar-refractivity contribution in [3.05, 3.63) is 60.0 Å². The maximum absolute atomic E-state index is 12.5. The molecule has 4 aromatic rings. The lowest BCUT2D eigenvalue weighted by molar-refractivity contribution is 0.0944. The van der Waals surface area contributed by atoms with Crippen LogP contribution in [0.25, 0.3) is 22.3 Å². The van der Waals surface area contributed by atoms with E-state index in [-0.39, 0.29) is 5.91 Å². The van der Waals surface area contributed by atoms with Crippen molar-refractivity contribution < 1.29 is 14.3 Å². The maximum Gasteiger partial charge on any atom is 0.269 e. The summed E-state index contributed by atoms with van der Waals surface area (Å²) >= 11 is 0. The summed E-state index contributed by atoms with van der Waals surface area (Å²) in [7, 11) is 5.09. The highest BCUT2D eigenvalue weighted by atomic mass is 16.5. The third-order valence-corrected chi connectivity index (χ3v) is 4.79. The molecular formula is C21H21N5O3. The third-order valence-electron chi connectivity index (χ3n) is 4.79. The highest BCUT2D eigenvalue weighted by Gasteiger charge is 2.14. The molecule has 1 amide bonds. The van der Waals surface area contributed by atoms with Crippen LogP contribution in [0, 0.1) is 0 Å². The lowest BCUT2D eigenvalue weighted by atomic mass is 10.1. The summed E-state index contributed by atoms with van der Waals surface area (Å²) in [5.41, 5.74) is 3.74. The van der Waals surface area contributed by atoms with Crippen molar-refractivity contribution in [2.45, 2.75) is 6.54 Å². The van der Waals surface area contributed by atoms with Crippen molar-refractivity contribution in [3.8, 4) is 22.8 Å². The van der Waals surface area contributed by atoms with E-state index in [0.29, 0.717) is 29.4 Å². The smallest absolute Gasteiger partial charge is 0.269 e. The Morgan fingerprint density at radius 2 is 1.90 bits per heavy atom. The minimum Gasteiger partial charge on any atom is -0.493 e. The highest BCUT2D eigenvalue weighted by molar-refractivity contribution is 5.93. The van der Waals surface area contributed by atoms with E-state index in [1.165, 1.54) is 0 Å². The first-order valence-electron chi connectivity index (χ1n) is 9.07. The molecule has 0 unspecified atom stereocenters. The van der Waals surface area contributed by atoms with Crippen LogP contribution in [-0.4, -0.2) is 39.9 Å². The topological polar surface area (TPSA) is 94.1 Å². The molecule has 0 saturated heterocycles. The minimum absolute atomic E-state index is 0.253. The van der Waals surface area contributed by atoms with Crippen LogP contribution in [-0.2, 0) is 13.6 Å². The van der Waals surface area contributed by atoms with Crippen LogP contribution in [0.15, 0.2) is 48.5 Å². The van der Waals surface area contributed by atoms with Gasteiger partial charge in [-0.3, -0.25) is 9.89 Å². The van der Waals surface area contributed by atoms with E-state index >= 15 is 0 Å². The predicted molar refractivity (Wildman–Crippen MR) is 109 cm³/mol. The number of nitrogens with one attached hydrogen (secondary N) is 2. The molecule has 2 aromatic heterocycles. The van der Waals surface area contributed by atoms with Crippen LogP contribution in [0.5, 0.6) is 11.5 Å². The molecule has 2 aromatic carbocycles. The van der Waals surface area contributed by atoms with Gasteiger partial charge in [-0.2, -0.15) is 5.10 Å². The Hall–Kier alpha value is -3.81. The number of benzene rings is 2. The van der Waals surface area contributed by atoms with Gasteiger partial charge >= 0.3 is 0 Å². The number of hydrogen-bond acceptors (Lipinski definition) is 5. The zero-order valence-electron chi connectivity index (χ0n) is 16.4. The second-order valence-electron chi connectivity index (χ2n) is 6.50. The molecule has 4 rings (SSSR count). The zero-order chi connectivity index (χ0) is 20.4. The second kappa shape index (κ2) is 7.67. The number of H-pyrrole nitrogens is 1. The van der Waals surface area contributed by atoms with Crippen LogP contribution in [0.3, 0.4) is 0 Å². The Morgan fingerprint density at radius 3 is 2.66 bits per heavy atom. The van der Waals surface area contributed by atoms with E-state index in [2.05, 4.69) is 20.5 Å². The van der Waals surface area contributed by atoms with Gasteiger partial charge in [0, 0.05) is 12.6 Å². The van der Waals surface area contributed by atoms with E-state index in [9.17, 15) is 4.79 Å². The molecule has 0 aliphatic heterocycles. The fraction of sp³-hybridized carbons (Fsp3) is 0.190. The normalized spacial score (nSPS) is 10.9. The largest absolute Gasteiger partial charge is 0.493 e. The fourth-order valence-electron chi connectivity index (χ4n) is 3.19. The van der Waals surface area contributed by atoms with Crippen LogP contribution >= 0.6 is 0 Å². The van der Waals surface area contributed by atoms with Gasteiger partial charge in [0.25, 0.3) is 5.91 Å². The van der Waals surface area contributed by atoms with Crippen molar-refractivity contribution >= 4 is 16.9 Å². The Morgan fingerprint density at radius 1 is 1.10 bits per heavy atom. The first kappa shape index (κ1) is 18.5. The number of carbonyl (C=O) groups excluding carboxylic acids is 1. The summed E-state index contributed by atoms with van der Waals surface area (Å²) < 4.78 is 12.5. The number of methoxy groups -OCH3 is 2. The summed E-state index contributed by atoms with van der Waals surface area (Å²) in [5, 5.41) is 9.91. The number of aromatic nitrogens is 4. The predicted octanol–water partition coefficient (Wildman–Crippen LogP) is 2.91. The zero-order valence-corrected chi connectivity index (χ0v) is 16.4. The average molecular weight is 391 g/mol. The molecule has 0 atom stereocenters. The number of aryl methyl sites for hydroxylation is 1. The molecule has 0 spiro atoms. The number of para-hydroxylation sites is 2. The van der Waals surface area contributed by atoms with Crippen LogP contribution in [0.2, 0.25) is 0 Å². The molecular weight excluding hydrogens is 370 g/mol. The summed E-state index contributed by atoms with van der Waals surface area (Å²) in [6, 6.07) is 15.0. The monoisotopic (exact) mass is 391 g/mol. The molecule has 0 aliphatic carbocycles. The molecule has 29 heavy (non-hydrogen) atoms. The van der Waals surface area contributed by atoms with E-state index in [1.54, 1.807) is 26.4 Å². The Labute approximate surface area is 167 Å². The Bertz CT molecular complexity index is 1180. The lowest BCUT2D eigenvalue weighted by Gasteiger charge is -2.08. The fourth-order valence-corrected chi connectivity index (χ4v) is 3.19. The van der Waals surface area contributed by atoms with Gasteiger partial charge in [0.2, 0.25) is 0 Å². The average Bonchev–Trinajstić information content (AvgIpc) is 3.37. The summed E-state index contributed by atoms with van der Waals surface area (Å²) in [6.07, 6.45) is 0. The SMILES string of the molecule is COc1ccc(-c2cc(C(=O)NCc3nc4ccccc4n3C)[nH]n2)cc1OC. The molecule has 0 bridgehead atoms. The van der Waals surface area contributed by atoms with E-state index in [4.69, 9.17) is 9.47 Å². The number of hydrogen-bond donors (Lipinski definition) is 2. The van der Waals surface area contributed by atoms with Crippen LogP contribution < -0.4 is 14.8 Å². The van der Waals surface area contributed by atoms with E-state index in [1.807, 2.05) is 48.0 Å². The second-order valence-corrected chi connectivity index (χ2v) is 6.50. The number of ether oxygens (including phenoxy) is 2. The van der Waals surface area contributed by atoms with Gasteiger partial charge < -0.3 is 19.4 Å². The number of carbonyl (C=O) groups is 1. The van der Waals surface area contributed by atoms with Gasteiger partial charge in [0.05, 0.1) is 37.5 Å². The molecule has 0 fully saturated rings. The van der Waals surface area contributed by atoms with E-state index < -0.39 is 0 Å². The van der Waals surface area contributed by atoms with Crippen molar-refractivity contribution in [1.82, 2.24) is 25.1 Å². The van der Waals surface area contributed by atoms with Crippen molar-refractivity contribution in [1.29, 1.82) is 0 Å². The van der Waals surface area contributed by atoms with Crippen molar-refractivity contribution in [2.75, 3.05) is 14.2 Å². The molecule has 0 aliphatic rings. The van der Waals surface area contributed by atoms with Crippen molar-refractivity contribution in [3.63, 3.8) is 0 Å². The molecule has 0 radical (unpaired) electrons. The number of aromatic amines is 1.